The Morgan fingerprint density at radius 3 is 0.512 bits per heavy atom. The van der Waals surface area contributed by atoms with Crippen LogP contribution in [0.3, 0.4) is 0 Å². The van der Waals surface area contributed by atoms with Gasteiger partial charge >= 0.3 is 515 Å². The molecule has 0 aromatic heterocycles. The van der Waals surface area contributed by atoms with Crippen molar-refractivity contribution in [2.75, 3.05) is 29.4 Å². The summed E-state index contributed by atoms with van der Waals surface area (Å²) in [5, 5.41) is 0. The van der Waals surface area contributed by atoms with Crippen LogP contribution in [0, 0.1) is 69.2 Å². The summed E-state index contributed by atoms with van der Waals surface area (Å²) in [6, 6.07) is 77.0. The molecule has 0 saturated carbocycles. The fraction of sp³-hybridized carbons (Fsp3) is 0.154. The Bertz CT molecular complexity index is 4230. The Kier molecular flexibility index (Phi) is 10.8. The van der Waals surface area contributed by atoms with E-state index in [2.05, 4.69) is 304 Å². The quantitative estimate of drug-likeness (QED) is 0.153. The van der Waals surface area contributed by atoms with Gasteiger partial charge in [0.05, 0.1) is 0 Å². The maximum atomic E-state index is 2.80. The van der Waals surface area contributed by atoms with E-state index in [0.29, 0.717) is 0 Å². The van der Waals surface area contributed by atoms with E-state index >= 15 is 0 Å². The summed E-state index contributed by atoms with van der Waals surface area (Å²) in [4.78, 5) is 16.5. The summed E-state index contributed by atoms with van der Waals surface area (Å²) in [7, 11) is 0. The Hall–Kier alpha value is -8.69. The number of aryl methyl sites for hydroxylation is 10. The van der Waals surface area contributed by atoms with Crippen molar-refractivity contribution in [3.8, 4) is 0 Å². The molecule has 8 heteroatoms. The van der Waals surface area contributed by atoms with Gasteiger partial charge in [-0.2, -0.15) is 0 Å². The van der Waals surface area contributed by atoms with Gasteiger partial charge in [0.1, 0.15) is 0 Å². The van der Waals surface area contributed by atoms with Crippen LogP contribution in [-0.4, -0.2) is 26.5 Å². The Labute approximate surface area is 511 Å². The van der Waals surface area contributed by atoms with Crippen molar-refractivity contribution >= 4 is 155 Å². The van der Waals surface area contributed by atoms with Gasteiger partial charge in [-0.25, -0.2) is 0 Å². The van der Waals surface area contributed by atoms with Crippen molar-refractivity contribution in [2.24, 2.45) is 0 Å². The van der Waals surface area contributed by atoms with Gasteiger partial charge in [-0.15, -0.1) is 0 Å². The Morgan fingerprint density at radius 2 is 0.337 bits per heavy atom. The second-order valence-corrected chi connectivity index (χ2v) is 41.9. The molecular formula is C78H68Ge2N6. The molecule has 0 amide bonds. The Balaban J connectivity index is 1.16. The summed E-state index contributed by atoms with van der Waals surface area (Å²) in [6.07, 6.45) is 0. The Morgan fingerprint density at radius 1 is 0.186 bits per heavy atom. The van der Waals surface area contributed by atoms with Crippen molar-refractivity contribution in [1.82, 2.24) is 0 Å². The number of hydrogen-bond donors (Lipinski definition) is 0. The first kappa shape index (κ1) is 51.7. The van der Waals surface area contributed by atoms with E-state index in [1.54, 1.807) is 0 Å². The third kappa shape index (κ3) is 6.80. The molecule has 11 aromatic carbocycles. The molecule has 0 atom stereocenters. The van der Waals surface area contributed by atoms with E-state index in [9.17, 15) is 0 Å². The van der Waals surface area contributed by atoms with Gasteiger partial charge in [-0.1, -0.05) is 0 Å². The number of fused-ring (bicyclic) bond motifs is 2. The second-order valence-electron chi connectivity index (χ2n) is 26.1. The average molecular weight is 1230 g/mol. The van der Waals surface area contributed by atoms with Crippen LogP contribution in [0.2, 0.25) is 11.5 Å². The molecule has 0 bridgehead atoms. The molecule has 0 N–H and O–H groups in total. The van der Waals surface area contributed by atoms with Gasteiger partial charge in [0.25, 0.3) is 0 Å². The predicted octanol–water partition coefficient (Wildman–Crippen LogP) is 17.7. The van der Waals surface area contributed by atoms with Crippen LogP contribution in [0.1, 0.15) is 55.6 Å². The molecule has 0 unspecified atom stereocenters. The van der Waals surface area contributed by atoms with Crippen molar-refractivity contribution in [2.45, 2.75) is 80.7 Å². The van der Waals surface area contributed by atoms with Gasteiger partial charge in [0.2, 0.25) is 0 Å². The van der Waals surface area contributed by atoms with E-state index in [-0.39, 0.29) is 0 Å². The van der Waals surface area contributed by atoms with Crippen LogP contribution in [0.5, 0.6) is 0 Å². The molecule has 17 rings (SSSR count). The summed E-state index contributed by atoms with van der Waals surface area (Å²) in [5.41, 5.74) is 35.2. The fourth-order valence-electron chi connectivity index (χ4n) is 16.3. The SMILES string of the molecule is Cc1ccc(N2c3cc(C)cc4[c]3[Ge]3([CH3])[c]5c2cc(C)cc5N(c2ccc(C)cc2)c2c5[c]6c(c([c]23)N4c2ccc(C)cc2)N(c2ccc(C)cc2)c2cc(C)cc3[c]2[Ge]6([CH3])[c]2c(cc(C)cc2N5c2ccc(C)cc2)N3c2ccc(C)cc2)cc1. The van der Waals surface area contributed by atoms with Crippen LogP contribution in [-0.2, 0) is 0 Å². The molecule has 0 radical (unpaired) electrons. The van der Waals surface area contributed by atoms with Crippen molar-refractivity contribution in [3.05, 3.63) is 250 Å². The van der Waals surface area contributed by atoms with Crippen molar-refractivity contribution in [3.63, 3.8) is 0 Å². The van der Waals surface area contributed by atoms with Crippen molar-refractivity contribution in [1.29, 1.82) is 0 Å². The number of benzene rings is 11. The van der Waals surface area contributed by atoms with Gasteiger partial charge in [0, 0.05) is 0 Å². The maximum absolute atomic E-state index is 4.14. The average Bonchev–Trinajstić information content (AvgIpc) is 0.648. The standard InChI is InChI=1S/C78H68Ge2N6/c1-45-13-25-55(26-14-45)81-61-37-51(7)41-65-69(61)79(11)70-62(81)38-52(8)42-66(70)84(58-31-19-48(4)20-32-58)76-73(79)75(83(65)57-29-17-47(3)18-30-57)77-74-78(76)86(60-35-23-50(6)24-36-60)68-44-54(10)40-64-72(68)80(74,12)71-63(82(64)56-27-15-46(2)16-28-56)39-53(9)43-67(71)85(77)59-33-21-49(5)22-34-59/h13-44H,1-12H3. The molecule has 11 aromatic rings. The molecule has 6 heterocycles. The molecule has 86 heavy (non-hydrogen) atoms. The first-order valence-electron chi connectivity index (χ1n) is 30.6. The molecule has 0 aliphatic carbocycles. The van der Waals surface area contributed by atoms with Gasteiger partial charge < -0.3 is 0 Å². The number of hydrogen-bond acceptors (Lipinski definition) is 6. The second kappa shape index (κ2) is 17.9. The molecule has 6 aliphatic rings. The van der Waals surface area contributed by atoms with Gasteiger partial charge in [-0.05, 0) is 0 Å². The molecule has 0 fully saturated rings. The molecular weight excluding hydrogens is 1170 g/mol. The molecule has 0 saturated heterocycles. The minimum absolute atomic E-state index is 1.17. The molecule has 6 aliphatic heterocycles. The minimum atomic E-state index is -4.14. The summed E-state index contributed by atoms with van der Waals surface area (Å²) in [6.45, 7) is 22.7. The van der Waals surface area contributed by atoms with Crippen LogP contribution >= 0.6 is 0 Å². The third-order valence-corrected chi connectivity index (χ3v) is 38.8. The molecule has 6 nitrogen and oxygen atoms in total. The summed E-state index contributed by atoms with van der Waals surface area (Å²) >= 11 is -8.28. The van der Waals surface area contributed by atoms with E-state index in [1.807, 2.05) is 0 Å². The number of rotatable bonds is 6. The van der Waals surface area contributed by atoms with Gasteiger partial charge in [-0.3, -0.25) is 0 Å². The predicted molar refractivity (Wildman–Crippen MR) is 370 cm³/mol. The fourth-order valence-corrected chi connectivity index (χ4v) is 37.0. The monoisotopic (exact) mass is 1240 g/mol. The zero-order chi connectivity index (χ0) is 58.7. The number of nitrogens with zero attached hydrogens (tertiary/aromatic N) is 6. The molecule has 418 valence electrons. The van der Waals surface area contributed by atoms with E-state index in [0.717, 1.165) is 0 Å². The summed E-state index contributed by atoms with van der Waals surface area (Å²) in [5.74, 6) is 5.60. The van der Waals surface area contributed by atoms with Crippen LogP contribution in [0.15, 0.2) is 194 Å². The van der Waals surface area contributed by atoms with Crippen LogP contribution in [0.4, 0.5) is 102 Å². The van der Waals surface area contributed by atoms with E-state index in [4.69, 9.17) is 0 Å². The van der Waals surface area contributed by atoms with E-state index in [1.165, 1.54) is 184 Å². The molecule has 0 spiro atoms. The van der Waals surface area contributed by atoms with Crippen molar-refractivity contribution < 1.29 is 0 Å². The van der Waals surface area contributed by atoms with E-state index < -0.39 is 26.5 Å². The number of anilines is 18. The first-order chi connectivity index (χ1) is 41.5. The zero-order valence-corrected chi connectivity index (χ0v) is 55.4. The van der Waals surface area contributed by atoms with Crippen LogP contribution < -0.4 is 55.8 Å². The topological polar surface area (TPSA) is 19.4 Å². The third-order valence-electron chi connectivity index (χ3n) is 19.9. The summed E-state index contributed by atoms with van der Waals surface area (Å²) < 4.78 is 9.03. The first-order valence-corrected chi connectivity index (χ1v) is 41.1. The zero-order valence-electron chi connectivity index (χ0n) is 51.2. The normalized spacial score (nSPS) is 15.3. The van der Waals surface area contributed by atoms with Crippen LogP contribution in [0.25, 0.3) is 0 Å². The van der Waals surface area contributed by atoms with Gasteiger partial charge in [0.15, 0.2) is 0 Å².